The monoisotopic (exact) mass is 501 g/mol. The highest BCUT2D eigenvalue weighted by molar-refractivity contribution is 7.89. The first-order chi connectivity index (χ1) is 16.9. The summed E-state index contributed by atoms with van der Waals surface area (Å²) in [4.78, 5) is 4.30. The lowest BCUT2D eigenvalue weighted by Gasteiger charge is -2.23. The maximum Gasteiger partial charge on any atom is 0.243 e. The van der Waals surface area contributed by atoms with Crippen LogP contribution in [0.1, 0.15) is 31.2 Å². The van der Waals surface area contributed by atoms with Crippen LogP contribution in [0.3, 0.4) is 0 Å². The Bertz CT molecular complexity index is 1160. The summed E-state index contributed by atoms with van der Waals surface area (Å²) >= 11 is 0. The third kappa shape index (κ3) is 7.66. The Balaban J connectivity index is 1.63. The molecule has 2 aromatic carbocycles. The van der Waals surface area contributed by atoms with Gasteiger partial charge in [-0.05, 0) is 66.9 Å². The van der Waals surface area contributed by atoms with Gasteiger partial charge in [-0.15, -0.1) is 0 Å². The first-order valence-electron chi connectivity index (χ1n) is 11.6. The van der Waals surface area contributed by atoms with Crippen LogP contribution in [0.5, 0.6) is 11.5 Å². The minimum atomic E-state index is -3.81. The fourth-order valence-corrected chi connectivity index (χ4v) is 5.14. The maximum absolute atomic E-state index is 13.4. The third-order valence-electron chi connectivity index (χ3n) is 5.56. The van der Waals surface area contributed by atoms with E-state index in [0.29, 0.717) is 24.5 Å². The number of unbranched alkanes of at least 4 members (excludes halogenated alkanes) is 3. The van der Waals surface area contributed by atoms with Crippen LogP contribution < -0.4 is 14.8 Å². The molecule has 0 aliphatic heterocycles. The van der Waals surface area contributed by atoms with E-state index in [0.717, 1.165) is 49.3 Å². The number of nitrogens with one attached hydrogen (secondary N) is 1. The van der Waals surface area contributed by atoms with E-state index in [1.807, 2.05) is 24.3 Å². The van der Waals surface area contributed by atoms with Crippen LogP contribution in [-0.2, 0) is 16.6 Å². The number of rotatable bonds is 14. The van der Waals surface area contributed by atoms with Crippen LogP contribution in [0.2, 0.25) is 0 Å². The summed E-state index contributed by atoms with van der Waals surface area (Å²) < 4.78 is 52.2. The van der Waals surface area contributed by atoms with Gasteiger partial charge in [0.2, 0.25) is 10.0 Å². The Kier molecular flexibility index (Phi) is 9.86. The topological polar surface area (TPSA) is 80.8 Å². The van der Waals surface area contributed by atoms with E-state index in [4.69, 9.17) is 9.47 Å². The van der Waals surface area contributed by atoms with Gasteiger partial charge in [-0.2, -0.15) is 4.31 Å². The zero-order valence-electron chi connectivity index (χ0n) is 20.1. The number of anilines is 1. The number of sulfonamides is 1. The van der Waals surface area contributed by atoms with Crippen LogP contribution in [-0.4, -0.2) is 45.0 Å². The molecular weight excluding hydrogens is 469 g/mol. The molecule has 0 bridgehead atoms. The number of ether oxygens (including phenoxy) is 2. The lowest BCUT2D eigenvalue weighted by atomic mass is 10.1. The van der Waals surface area contributed by atoms with Crippen molar-refractivity contribution in [2.45, 2.75) is 37.1 Å². The zero-order chi connectivity index (χ0) is 25.1. The second-order valence-electron chi connectivity index (χ2n) is 8.04. The van der Waals surface area contributed by atoms with Crippen LogP contribution >= 0.6 is 0 Å². The van der Waals surface area contributed by atoms with E-state index in [9.17, 15) is 12.8 Å². The van der Waals surface area contributed by atoms with Gasteiger partial charge < -0.3 is 14.8 Å². The second kappa shape index (κ2) is 13.1. The van der Waals surface area contributed by atoms with Crippen LogP contribution in [0.4, 0.5) is 10.2 Å². The smallest absolute Gasteiger partial charge is 0.243 e. The molecule has 0 unspecified atom stereocenters. The van der Waals surface area contributed by atoms with Gasteiger partial charge in [-0.1, -0.05) is 25.0 Å². The van der Waals surface area contributed by atoms with E-state index >= 15 is 0 Å². The lowest BCUT2D eigenvalue weighted by Crippen LogP contribution is -2.31. The fraction of sp³-hybridized carbons (Fsp3) is 0.346. The Hall–Kier alpha value is -3.17. The van der Waals surface area contributed by atoms with Crippen molar-refractivity contribution >= 4 is 15.8 Å². The van der Waals surface area contributed by atoms with Gasteiger partial charge in [-0.25, -0.2) is 17.8 Å². The first kappa shape index (κ1) is 26.4. The fourth-order valence-electron chi connectivity index (χ4n) is 3.67. The van der Waals surface area contributed by atoms with Crippen molar-refractivity contribution in [2.24, 2.45) is 0 Å². The molecule has 35 heavy (non-hydrogen) atoms. The number of methoxy groups -OCH3 is 2. The molecule has 0 saturated heterocycles. The minimum absolute atomic E-state index is 0.0685. The molecule has 7 nitrogen and oxygen atoms in total. The van der Waals surface area contributed by atoms with Crippen molar-refractivity contribution in [1.82, 2.24) is 9.29 Å². The largest absolute Gasteiger partial charge is 0.493 e. The predicted molar refractivity (Wildman–Crippen MR) is 135 cm³/mol. The number of nitrogens with zero attached hydrogens (tertiary/aromatic N) is 2. The summed E-state index contributed by atoms with van der Waals surface area (Å²) in [5.41, 5.74) is 0.771. The molecule has 0 radical (unpaired) electrons. The van der Waals surface area contributed by atoms with Gasteiger partial charge in [0.15, 0.2) is 11.5 Å². The van der Waals surface area contributed by atoms with Crippen molar-refractivity contribution in [1.29, 1.82) is 0 Å². The summed E-state index contributed by atoms with van der Waals surface area (Å²) in [6.45, 7) is 1.32. The second-order valence-corrected chi connectivity index (χ2v) is 9.98. The number of aromatic nitrogens is 1. The van der Waals surface area contributed by atoms with E-state index in [1.165, 1.54) is 23.5 Å². The van der Waals surface area contributed by atoms with Crippen molar-refractivity contribution in [3.8, 4) is 11.5 Å². The highest BCUT2D eigenvalue weighted by atomic mass is 32.2. The Morgan fingerprint density at radius 3 is 2.34 bits per heavy atom. The molecule has 0 aliphatic carbocycles. The van der Waals surface area contributed by atoms with E-state index in [2.05, 4.69) is 10.3 Å². The number of pyridine rings is 1. The van der Waals surface area contributed by atoms with Gasteiger partial charge in [0.25, 0.3) is 0 Å². The lowest BCUT2D eigenvalue weighted by molar-refractivity contribution is 0.352. The van der Waals surface area contributed by atoms with Crippen LogP contribution in [0.15, 0.2) is 71.8 Å². The average molecular weight is 502 g/mol. The molecule has 0 saturated carbocycles. The van der Waals surface area contributed by atoms with Crippen molar-refractivity contribution in [3.63, 3.8) is 0 Å². The summed E-state index contributed by atoms with van der Waals surface area (Å²) in [6.07, 6.45) is 5.25. The first-order valence-corrected chi connectivity index (χ1v) is 13.0. The van der Waals surface area contributed by atoms with E-state index in [1.54, 1.807) is 25.4 Å². The molecule has 0 amide bonds. The molecule has 0 atom stereocenters. The highest BCUT2D eigenvalue weighted by Crippen LogP contribution is 2.29. The maximum atomic E-state index is 13.4. The third-order valence-corrected chi connectivity index (χ3v) is 7.42. The number of halogens is 1. The predicted octanol–water partition coefficient (Wildman–Crippen LogP) is 5.10. The molecule has 1 heterocycles. The number of benzene rings is 2. The van der Waals surface area contributed by atoms with Gasteiger partial charge >= 0.3 is 0 Å². The highest BCUT2D eigenvalue weighted by Gasteiger charge is 2.25. The standard InChI is InChI=1S/C26H32FN3O4S/c1-33-24-15-10-21(19-25(24)34-2)20-30(35(31,32)23-13-11-22(27)12-14-23)18-8-4-3-6-16-28-26-9-5-7-17-29-26/h5,7,9-15,17,19H,3-4,6,8,16,18,20H2,1-2H3,(H,28,29). The molecule has 9 heteroatoms. The van der Waals surface area contributed by atoms with Gasteiger partial charge in [-0.3, -0.25) is 0 Å². The molecule has 1 N–H and O–H groups in total. The SMILES string of the molecule is COc1ccc(CN(CCCCCCNc2ccccn2)S(=O)(=O)c2ccc(F)cc2)cc1OC. The van der Waals surface area contributed by atoms with Crippen molar-refractivity contribution in [3.05, 3.63) is 78.2 Å². The van der Waals surface area contributed by atoms with Crippen LogP contribution in [0.25, 0.3) is 0 Å². The summed E-state index contributed by atoms with van der Waals surface area (Å²) in [5, 5.41) is 3.28. The van der Waals surface area contributed by atoms with Crippen molar-refractivity contribution in [2.75, 3.05) is 32.6 Å². The Morgan fingerprint density at radius 1 is 0.914 bits per heavy atom. The van der Waals surface area contributed by atoms with Gasteiger partial charge in [0, 0.05) is 25.8 Å². The minimum Gasteiger partial charge on any atom is -0.493 e. The van der Waals surface area contributed by atoms with Gasteiger partial charge in [0.1, 0.15) is 11.6 Å². The molecule has 3 rings (SSSR count). The molecule has 3 aromatic rings. The van der Waals surface area contributed by atoms with Gasteiger partial charge in [0.05, 0.1) is 19.1 Å². The molecular formula is C26H32FN3O4S. The molecule has 1 aromatic heterocycles. The van der Waals surface area contributed by atoms with E-state index in [-0.39, 0.29) is 11.4 Å². The number of hydrogen-bond donors (Lipinski definition) is 1. The summed E-state index contributed by atoms with van der Waals surface area (Å²) in [7, 11) is -0.721. The van der Waals surface area contributed by atoms with E-state index < -0.39 is 15.8 Å². The molecule has 0 fully saturated rings. The Labute approximate surface area is 207 Å². The number of hydrogen-bond acceptors (Lipinski definition) is 6. The quantitative estimate of drug-likeness (QED) is 0.310. The molecule has 0 spiro atoms. The molecule has 0 aliphatic rings. The summed E-state index contributed by atoms with van der Waals surface area (Å²) in [6, 6.07) is 16.0. The normalized spacial score (nSPS) is 11.4. The van der Waals surface area contributed by atoms with Crippen molar-refractivity contribution < 1.29 is 22.3 Å². The van der Waals surface area contributed by atoms with Crippen LogP contribution in [0, 0.1) is 5.82 Å². The average Bonchev–Trinajstić information content (AvgIpc) is 2.88. The summed E-state index contributed by atoms with van der Waals surface area (Å²) in [5.74, 6) is 1.47. The Morgan fingerprint density at radius 2 is 1.66 bits per heavy atom. The molecule has 188 valence electrons. The zero-order valence-corrected chi connectivity index (χ0v) is 20.9.